The Morgan fingerprint density at radius 2 is 2.08 bits per heavy atom. The number of carbonyl (C=O) groups excluding carboxylic acids is 1. The minimum absolute atomic E-state index is 0.352. The molecule has 13 heavy (non-hydrogen) atoms. The Morgan fingerprint density at radius 1 is 1.46 bits per heavy atom. The predicted molar refractivity (Wildman–Crippen MR) is 67.6 cm³/mol. The van der Waals surface area contributed by atoms with E-state index in [2.05, 4.69) is 27.3 Å². The minimum atomic E-state index is -0.352. The fourth-order valence-corrected chi connectivity index (χ4v) is 2.05. The molecule has 0 fully saturated rings. The van der Waals surface area contributed by atoms with Gasteiger partial charge in [-0.1, -0.05) is 0 Å². The highest BCUT2D eigenvalue weighted by Crippen LogP contribution is 2.23. The summed E-state index contributed by atoms with van der Waals surface area (Å²) in [7, 11) is 1.36. The smallest absolute Gasteiger partial charge is 0.339 e. The molecule has 3 nitrogen and oxygen atoms in total. The van der Waals surface area contributed by atoms with Crippen molar-refractivity contribution in [2.75, 3.05) is 12.8 Å². The first-order valence-electron chi connectivity index (χ1n) is 3.39. The Kier molecular flexibility index (Phi) is 3.77. The van der Waals surface area contributed by atoms with Crippen molar-refractivity contribution in [2.24, 2.45) is 0 Å². The van der Waals surface area contributed by atoms with Gasteiger partial charge in [0, 0.05) is 9.26 Å². The van der Waals surface area contributed by atoms with E-state index in [-0.39, 0.29) is 5.97 Å². The molecule has 0 radical (unpaired) electrons. The van der Waals surface area contributed by atoms with Gasteiger partial charge >= 0.3 is 5.97 Å². The molecule has 70 valence electrons. The number of ether oxygens (including phenoxy) is 1. The molecule has 5 heteroatoms. The molecule has 0 spiro atoms. The van der Waals surface area contributed by atoms with Crippen molar-refractivity contribution in [3.63, 3.8) is 0 Å². The number of rotatable bonds is 1. The van der Waals surface area contributed by atoms with Crippen molar-refractivity contribution in [3.05, 3.63) is 24.8 Å². The summed E-state index contributed by atoms with van der Waals surface area (Å²) in [5.74, 6) is -0.352. The summed E-state index contributed by atoms with van der Waals surface area (Å²) in [6.45, 7) is 0. The van der Waals surface area contributed by atoms with Crippen LogP contribution >= 0.6 is 45.2 Å². The number of benzene rings is 1. The molecule has 1 aromatic rings. The van der Waals surface area contributed by atoms with Gasteiger partial charge < -0.3 is 10.5 Å². The third kappa shape index (κ3) is 2.46. The molecule has 1 rings (SSSR count). The number of esters is 1. The third-order valence-electron chi connectivity index (χ3n) is 1.47. The van der Waals surface area contributed by atoms with Crippen LogP contribution in [-0.4, -0.2) is 13.1 Å². The maximum Gasteiger partial charge on any atom is 0.339 e. The standard InChI is InChI=1S/C8H7I2NO2/c1-13-8(12)5-2-4(9)3-6(11)7(5)10/h2-3H,11H2,1H3. The quantitative estimate of drug-likeness (QED) is 0.445. The van der Waals surface area contributed by atoms with Crippen LogP contribution in [0.25, 0.3) is 0 Å². The normalized spacial score (nSPS) is 9.77. The Labute approximate surface area is 103 Å². The molecular formula is C8H7I2NO2. The monoisotopic (exact) mass is 403 g/mol. The van der Waals surface area contributed by atoms with Crippen molar-refractivity contribution in [3.8, 4) is 0 Å². The van der Waals surface area contributed by atoms with Crippen molar-refractivity contribution in [1.29, 1.82) is 0 Å². The summed E-state index contributed by atoms with van der Waals surface area (Å²) in [4.78, 5) is 11.3. The van der Waals surface area contributed by atoms with Gasteiger partial charge in [0.2, 0.25) is 0 Å². The van der Waals surface area contributed by atoms with Gasteiger partial charge in [-0.15, -0.1) is 0 Å². The fraction of sp³-hybridized carbons (Fsp3) is 0.125. The van der Waals surface area contributed by atoms with E-state index in [1.54, 1.807) is 6.07 Å². The Bertz CT molecular complexity index is 352. The number of halogens is 2. The summed E-state index contributed by atoms with van der Waals surface area (Å²) in [5, 5.41) is 0. The van der Waals surface area contributed by atoms with E-state index < -0.39 is 0 Å². The highest BCUT2D eigenvalue weighted by atomic mass is 127. The molecule has 0 saturated carbocycles. The van der Waals surface area contributed by atoms with Crippen LogP contribution in [0.2, 0.25) is 0 Å². The molecule has 0 aromatic heterocycles. The van der Waals surface area contributed by atoms with Crippen LogP contribution in [0, 0.1) is 7.14 Å². The SMILES string of the molecule is COC(=O)c1cc(I)cc(N)c1I. The largest absolute Gasteiger partial charge is 0.465 e. The topological polar surface area (TPSA) is 52.3 Å². The lowest BCUT2D eigenvalue weighted by molar-refractivity contribution is 0.0599. The molecule has 1 aromatic carbocycles. The van der Waals surface area contributed by atoms with Crippen LogP contribution in [-0.2, 0) is 4.74 Å². The molecule has 0 unspecified atom stereocenters. The highest BCUT2D eigenvalue weighted by molar-refractivity contribution is 14.1. The molecule has 2 N–H and O–H groups in total. The Balaban J connectivity index is 3.28. The van der Waals surface area contributed by atoms with E-state index in [0.29, 0.717) is 11.3 Å². The van der Waals surface area contributed by atoms with Gasteiger partial charge in [-0.3, -0.25) is 0 Å². The number of nitrogens with two attached hydrogens (primary N) is 1. The van der Waals surface area contributed by atoms with Crippen LogP contribution in [0.15, 0.2) is 12.1 Å². The number of hydrogen-bond acceptors (Lipinski definition) is 3. The van der Waals surface area contributed by atoms with Gasteiger partial charge in [0.15, 0.2) is 0 Å². The summed E-state index contributed by atoms with van der Waals surface area (Å²) < 4.78 is 6.29. The number of hydrogen-bond donors (Lipinski definition) is 1. The van der Waals surface area contributed by atoms with Gasteiger partial charge in [-0.2, -0.15) is 0 Å². The maximum atomic E-state index is 11.3. The van der Waals surface area contributed by atoms with Crippen LogP contribution in [0.5, 0.6) is 0 Å². The van der Waals surface area contributed by atoms with E-state index in [9.17, 15) is 4.79 Å². The molecule has 0 heterocycles. The van der Waals surface area contributed by atoms with Gasteiger partial charge in [0.25, 0.3) is 0 Å². The summed E-state index contributed by atoms with van der Waals surface area (Å²) >= 11 is 4.14. The number of anilines is 1. The number of methoxy groups -OCH3 is 1. The molecule has 0 atom stereocenters. The van der Waals surface area contributed by atoms with Crippen LogP contribution in [0.1, 0.15) is 10.4 Å². The summed E-state index contributed by atoms with van der Waals surface area (Å²) in [6.07, 6.45) is 0. The molecular weight excluding hydrogens is 396 g/mol. The lowest BCUT2D eigenvalue weighted by Gasteiger charge is -2.05. The van der Waals surface area contributed by atoms with Gasteiger partial charge in [0.05, 0.1) is 16.2 Å². The molecule has 0 aliphatic heterocycles. The Morgan fingerprint density at radius 3 is 2.62 bits per heavy atom. The van der Waals surface area contributed by atoms with E-state index >= 15 is 0 Å². The Hall–Kier alpha value is -0.0500. The van der Waals surface area contributed by atoms with Crippen molar-refractivity contribution in [2.45, 2.75) is 0 Å². The third-order valence-corrected chi connectivity index (χ3v) is 3.30. The molecule has 0 saturated heterocycles. The van der Waals surface area contributed by atoms with E-state index in [1.165, 1.54) is 7.11 Å². The lowest BCUT2D eigenvalue weighted by atomic mass is 10.2. The molecule has 0 aliphatic rings. The maximum absolute atomic E-state index is 11.3. The zero-order valence-corrected chi connectivity index (χ0v) is 11.1. The second-order valence-electron chi connectivity index (χ2n) is 2.35. The molecule has 0 amide bonds. The van der Waals surface area contributed by atoms with Crippen molar-refractivity contribution in [1.82, 2.24) is 0 Å². The first kappa shape index (κ1) is 11.0. The van der Waals surface area contributed by atoms with E-state index in [1.807, 2.05) is 28.7 Å². The minimum Gasteiger partial charge on any atom is -0.465 e. The predicted octanol–water partition coefficient (Wildman–Crippen LogP) is 2.26. The van der Waals surface area contributed by atoms with Crippen LogP contribution in [0.4, 0.5) is 5.69 Å². The first-order valence-corrected chi connectivity index (χ1v) is 5.55. The average Bonchev–Trinajstić information content (AvgIpc) is 2.10. The fourth-order valence-electron chi connectivity index (χ4n) is 0.869. The summed E-state index contributed by atoms with van der Waals surface area (Å²) in [6, 6.07) is 3.57. The lowest BCUT2D eigenvalue weighted by Crippen LogP contribution is -2.06. The summed E-state index contributed by atoms with van der Waals surface area (Å²) in [5.41, 5.74) is 6.82. The van der Waals surface area contributed by atoms with Gasteiger partial charge in [-0.05, 0) is 57.3 Å². The van der Waals surface area contributed by atoms with Crippen molar-refractivity contribution >= 4 is 56.8 Å². The highest BCUT2D eigenvalue weighted by Gasteiger charge is 2.13. The average molecular weight is 403 g/mol. The molecule has 0 bridgehead atoms. The van der Waals surface area contributed by atoms with Crippen molar-refractivity contribution < 1.29 is 9.53 Å². The zero-order chi connectivity index (χ0) is 10.0. The van der Waals surface area contributed by atoms with Crippen LogP contribution < -0.4 is 5.73 Å². The molecule has 0 aliphatic carbocycles. The second-order valence-corrected chi connectivity index (χ2v) is 4.67. The van der Waals surface area contributed by atoms with E-state index in [0.717, 1.165) is 7.14 Å². The first-order chi connectivity index (χ1) is 6.06. The number of nitrogen functional groups attached to an aromatic ring is 1. The van der Waals surface area contributed by atoms with E-state index in [4.69, 9.17) is 5.73 Å². The van der Waals surface area contributed by atoms with Gasteiger partial charge in [0.1, 0.15) is 0 Å². The zero-order valence-electron chi connectivity index (χ0n) is 6.80. The second kappa shape index (κ2) is 4.45. The number of carbonyl (C=O) groups is 1. The van der Waals surface area contributed by atoms with Gasteiger partial charge in [-0.25, -0.2) is 4.79 Å². The van der Waals surface area contributed by atoms with Crippen LogP contribution in [0.3, 0.4) is 0 Å².